The van der Waals surface area contributed by atoms with Crippen molar-refractivity contribution in [3.63, 3.8) is 0 Å². The standard InChI is InChI=1S/C19H21F2N3O3S/c20-16-6-2-1-5-15(16)13-22-19(25)14-23-9-11-24(12-10-23)28(26,27)18-8-4-3-7-17(18)21/h1-8H,9-14H2,(H,22,25)/p+1. The molecule has 3 rings (SSSR count). The number of piperazine rings is 1. The van der Waals surface area contributed by atoms with E-state index in [2.05, 4.69) is 5.32 Å². The van der Waals surface area contributed by atoms with Gasteiger partial charge in [-0.15, -0.1) is 0 Å². The number of amides is 1. The summed E-state index contributed by atoms with van der Waals surface area (Å²) >= 11 is 0. The van der Waals surface area contributed by atoms with Gasteiger partial charge in [-0.25, -0.2) is 17.2 Å². The molecule has 0 radical (unpaired) electrons. The molecule has 0 aromatic heterocycles. The Kier molecular flexibility index (Phi) is 6.38. The predicted octanol–water partition coefficient (Wildman–Crippen LogP) is 0.170. The Morgan fingerprint density at radius 3 is 2.25 bits per heavy atom. The lowest BCUT2D eigenvalue weighted by atomic mass is 10.2. The molecule has 0 spiro atoms. The number of nitrogens with one attached hydrogen (secondary N) is 2. The summed E-state index contributed by atoms with van der Waals surface area (Å²) in [6.07, 6.45) is 0. The number of hydrogen-bond acceptors (Lipinski definition) is 3. The van der Waals surface area contributed by atoms with Crippen molar-refractivity contribution < 1.29 is 26.9 Å². The maximum absolute atomic E-state index is 13.9. The van der Waals surface area contributed by atoms with Gasteiger partial charge in [-0.1, -0.05) is 30.3 Å². The van der Waals surface area contributed by atoms with Crippen molar-refractivity contribution >= 4 is 15.9 Å². The summed E-state index contributed by atoms with van der Waals surface area (Å²) in [5.74, 6) is -1.38. The fraction of sp³-hybridized carbons (Fsp3) is 0.316. The average Bonchev–Trinajstić information content (AvgIpc) is 2.68. The van der Waals surface area contributed by atoms with Crippen LogP contribution < -0.4 is 10.2 Å². The van der Waals surface area contributed by atoms with Gasteiger partial charge in [0.2, 0.25) is 10.0 Å². The van der Waals surface area contributed by atoms with Gasteiger partial charge in [0.15, 0.2) is 6.54 Å². The number of carbonyl (C=O) groups is 1. The highest BCUT2D eigenvalue weighted by Crippen LogP contribution is 2.18. The third-order valence-corrected chi connectivity index (χ3v) is 6.66. The molecule has 28 heavy (non-hydrogen) atoms. The summed E-state index contributed by atoms with van der Waals surface area (Å²) in [5.41, 5.74) is 0.409. The number of nitrogens with zero attached hydrogens (tertiary/aromatic N) is 1. The molecule has 150 valence electrons. The fourth-order valence-corrected chi connectivity index (χ4v) is 4.64. The maximum atomic E-state index is 13.9. The zero-order chi connectivity index (χ0) is 20.1. The second-order valence-corrected chi connectivity index (χ2v) is 8.54. The summed E-state index contributed by atoms with van der Waals surface area (Å²) in [5, 5.41) is 2.68. The predicted molar refractivity (Wildman–Crippen MR) is 99.0 cm³/mol. The van der Waals surface area contributed by atoms with Crippen molar-refractivity contribution in [1.82, 2.24) is 9.62 Å². The molecule has 1 aliphatic rings. The molecular formula is C19H22F2N3O3S+. The van der Waals surface area contributed by atoms with Gasteiger partial charge in [-0.2, -0.15) is 4.31 Å². The van der Waals surface area contributed by atoms with E-state index in [1.807, 2.05) is 0 Å². The molecular weight excluding hydrogens is 388 g/mol. The van der Waals surface area contributed by atoms with Crippen LogP contribution in [0, 0.1) is 11.6 Å². The minimum Gasteiger partial charge on any atom is -0.347 e. The lowest BCUT2D eigenvalue weighted by molar-refractivity contribution is -0.895. The SMILES string of the molecule is O=C(C[NH+]1CCN(S(=O)(=O)c2ccccc2F)CC1)NCc1ccccc1F. The van der Waals surface area contributed by atoms with E-state index < -0.39 is 15.8 Å². The van der Waals surface area contributed by atoms with Crippen LogP contribution in [0.25, 0.3) is 0 Å². The number of rotatable bonds is 6. The minimum atomic E-state index is -3.89. The summed E-state index contributed by atoms with van der Waals surface area (Å²) in [6.45, 7) is 1.54. The van der Waals surface area contributed by atoms with Crippen LogP contribution in [-0.2, 0) is 21.4 Å². The van der Waals surface area contributed by atoms with Crippen LogP contribution in [-0.4, -0.2) is 51.4 Å². The first kappa shape index (κ1) is 20.4. The number of sulfonamides is 1. The van der Waals surface area contributed by atoms with E-state index in [0.29, 0.717) is 18.7 Å². The summed E-state index contributed by atoms with van der Waals surface area (Å²) < 4.78 is 53.8. The molecule has 1 aliphatic heterocycles. The third kappa shape index (κ3) is 4.73. The van der Waals surface area contributed by atoms with Gasteiger partial charge >= 0.3 is 0 Å². The van der Waals surface area contributed by atoms with Crippen LogP contribution in [0.3, 0.4) is 0 Å². The molecule has 0 unspecified atom stereocenters. The van der Waals surface area contributed by atoms with Crippen molar-refractivity contribution in [2.75, 3.05) is 32.7 Å². The van der Waals surface area contributed by atoms with E-state index in [9.17, 15) is 22.0 Å². The largest absolute Gasteiger partial charge is 0.347 e. The van der Waals surface area contributed by atoms with Gasteiger partial charge in [0, 0.05) is 12.1 Å². The zero-order valence-electron chi connectivity index (χ0n) is 15.2. The summed E-state index contributed by atoms with van der Waals surface area (Å²) in [4.78, 5) is 12.7. The Bertz CT molecular complexity index is 945. The first-order valence-corrected chi connectivity index (χ1v) is 10.4. The topological polar surface area (TPSA) is 70.9 Å². The van der Waals surface area contributed by atoms with Gasteiger partial charge in [-0.05, 0) is 18.2 Å². The fourth-order valence-electron chi connectivity index (χ4n) is 3.14. The molecule has 1 saturated heterocycles. The van der Waals surface area contributed by atoms with E-state index in [1.54, 1.807) is 18.2 Å². The van der Waals surface area contributed by atoms with Crippen LogP contribution in [0.2, 0.25) is 0 Å². The highest BCUT2D eigenvalue weighted by atomic mass is 32.2. The molecule has 0 aliphatic carbocycles. The molecule has 6 nitrogen and oxygen atoms in total. The van der Waals surface area contributed by atoms with Crippen LogP contribution in [0.5, 0.6) is 0 Å². The van der Waals surface area contributed by atoms with Crippen molar-refractivity contribution in [2.24, 2.45) is 0 Å². The molecule has 0 bridgehead atoms. The van der Waals surface area contributed by atoms with Gasteiger partial charge < -0.3 is 10.2 Å². The summed E-state index contributed by atoms with van der Waals surface area (Å²) in [7, 11) is -3.89. The first-order valence-electron chi connectivity index (χ1n) is 8.96. The van der Waals surface area contributed by atoms with E-state index in [1.165, 1.54) is 28.6 Å². The molecule has 1 amide bonds. The zero-order valence-corrected chi connectivity index (χ0v) is 16.0. The second kappa shape index (κ2) is 8.76. The van der Waals surface area contributed by atoms with Gasteiger partial charge in [0.05, 0.1) is 26.2 Å². The van der Waals surface area contributed by atoms with Crippen LogP contribution in [0.4, 0.5) is 8.78 Å². The third-order valence-electron chi connectivity index (χ3n) is 4.73. The van der Waals surface area contributed by atoms with E-state index in [-0.39, 0.29) is 42.8 Å². The van der Waals surface area contributed by atoms with Crippen LogP contribution in [0.15, 0.2) is 53.4 Å². The summed E-state index contributed by atoms with van der Waals surface area (Å²) in [6, 6.07) is 11.5. The molecule has 1 heterocycles. The number of hydrogen-bond donors (Lipinski definition) is 2. The Hall–Kier alpha value is -2.36. The molecule has 2 aromatic carbocycles. The molecule has 2 N–H and O–H groups in total. The minimum absolute atomic E-state index is 0.104. The molecule has 9 heteroatoms. The van der Waals surface area contributed by atoms with E-state index in [4.69, 9.17) is 0 Å². The normalized spacial score (nSPS) is 16.1. The molecule has 0 saturated carbocycles. The Balaban J connectivity index is 1.51. The first-order chi connectivity index (χ1) is 13.4. The second-order valence-electron chi connectivity index (χ2n) is 6.63. The number of halogens is 2. The van der Waals surface area contributed by atoms with Gasteiger partial charge in [0.25, 0.3) is 5.91 Å². The van der Waals surface area contributed by atoms with Crippen molar-refractivity contribution in [2.45, 2.75) is 11.4 Å². The highest BCUT2D eigenvalue weighted by Gasteiger charge is 2.32. The smallest absolute Gasteiger partial charge is 0.275 e. The Labute approximate surface area is 162 Å². The molecule has 0 atom stereocenters. The van der Waals surface area contributed by atoms with Crippen LogP contribution >= 0.6 is 0 Å². The molecule has 1 fully saturated rings. The lowest BCUT2D eigenvalue weighted by Crippen LogP contribution is -3.15. The average molecular weight is 410 g/mol. The lowest BCUT2D eigenvalue weighted by Gasteiger charge is -2.31. The molecule has 2 aromatic rings. The number of quaternary nitrogens is 1. The van der Waals surface area contributed by atoms with Crippen molar-refractivity contribution in [3.8, 4) is 0 Å². The quantitative estimate of drug-likeness (QED) is 0.713. The van der Waals surface area contributed by atoms with E-state index >= 15 is 0 Å². The van der Waals surface area contributed by atoms with E-state index in [0.717, 1.165) is 11.0 Å². The number of benzene rings is 2. The van der Waals surface area contributed by atoms with Crippen LogP contribution in [0.1, 0.15) is 5.56 Å². The monoisotopic (exact) mass is 410 g/mol. The van der Waals surface area contributed by atoms with Crippen molar-refractivity contribution in [3.05, 3.63) is 65.7 Å². The Morgan fingerprint density at radius 1 is 1.00 bits per heavy atom. The Morgan fingerprint density at radius 2 is 1.61 bits per heavy atom. The van der Waals surface area contributed by atoms with Crippen molar-refractivity contribution in [1.29, 1.82) is 0 Å². The van der Waals surface area contributed by atoms with Gasteiger partial charge in [0.1, 0.15) is 16.5 Å². The highest BCUT2D eigenvalue weighted by molar-refractivity contribution is 7.89. The van der Waals surface area contributed by atoms with Gasteiger partial charge in [-0.3, -0.25) is 4.79 Å². The maximum Gasteiger partial charge on any atom is 0.275 e. The number of carbonyl (C=O) groups excluding carboxylic acids is 1.